The molecule has 0 unspecified atom stereocenters. The van der Waals surface area contributed by atoms with Crippen LogP contribution in [0.25, 0.3) is 10.2 Å². The standard InChI is InChI=1S/C22H18N2O4S/c1-12-13(2)29-21-19(12)22(26)28-18(23-21)10-14-6-8-15(9-7-14)20(25)16-4-3-5-17(11-16)24-27/h3-9,11,24,27H,10H2,1-2H3. The summed E-state index contributed by atoms with van der Waals surface area (Å²) in [5.41, 5.74) is 4.92. The van der Waals surface area contributed by atoms with Gasteiger partial charge in [0.25, 0.3) is 0 Å². The van der Waals surface area contributed by atoms with Gasteiger partial charge in [0, 0.05) is 22.4 Å². The molecule has 2 N–H and O–H groups in total. The fraction of sp³-hybridized carbons (Fsp3) is 0.136. The van der Waals surface area contributed by atoms with Gasteiger partial charge in [0.2, 0.25) is 5.89 Å². The van der Waals surface area contributed by atoms with Crippen molar-refractivity contribution in [3.05, 3.63) is 92.0 Å². The zero-order valence-corrected chi connectivity index (χ0v) is 16.7. The molecule has 0 saturated carbocycles. The molecule has 146 valence electrons. The molecular weight excluding hydrogens is 388 g/mol. The lowest BCUT2D eigenvalue weighted by Gasteiger charge is -2.05. The first-order valence-electron chi connectivity index (χ1n) is 9.00. The molecule has 0 fully saturated rings. The van der Waals surface area contributed by atoms with Crippen LogP contribution in [0.4, 0.5) is 5.69 Å². The lowest BCUT2D eigenvalue weighted by atomic mass is 10.0. The van der Waals surface area contributed by atoms with Crippen molar-refractivity contribution in [3.63, 3.8) is 0 Å². The summed E-state index contributed by atoms with van der Waals surface area (Å²) in [6, 6.07) is 13.7. The summed E-state index contributed by atoms with van der Waals surface area (Å²) in [5, 5.41) is 9.55. The molecule has 0 aliphatic heterocycles. The molecular formula is C22H18N2O4S. The number of rotatable bonds is 5. The van der Waals surface area contributed by atoms with Gasteiger partial charge >= 0.3 is 5.63 Å². The Labute approximate surface area is 170 Å². The molecule has 2 aromatic carbocycles. The maximum atomic E-state index is 12.6. The minimum absolute atomic E-state index is 0.149. The van der Waals surface area contributed by atoms with Crippen LogP contribution in [-0.2, 0) is 6.42 Å². The van der Waals surface area contributed by atoms with Crippen molar-refractivity contribution in [3.8, 4) is 0 Å². The van der Waals surface area contributed by atoms with E-state index >= 15 is 0 Å². The molecule has 0 saturated heterocycles. The number of ketones is 1. The SMILES string of the molecule is Cc1sc2nc(Cc3ccc(C(=O)c4cccc(NO)c4)cc3)oc(=O)c2c1C. The van der Waals surface area contributed by atoms with E-state index in [4.69, 9.17) is 9.62 Å². The lowest BCUT2D eigenvalue weighted by molar-refractivity contribution is 0.103. The van der Waals surface area contributed by atoms with Crippen molar-refractivity contribution in [2.45, 2.75) is 20.3 Å². The number of thiophene rings is 1. The number of carbonyl (C=O) groups excluding carboxylic acids is 1. The molecule has 0 atom stereocenters. The second-order valence-electron chi connectivity index (χ2n) is 6.75. The lowest BCUT2D eigenvalue weighted by Crippen LogP contribution is -2.05. The molecule has 2 heterocycles. The molecule has 0 aliphatic rings. The van der Waals surface area contributed by atoms with Crippen LogP contribution in [-0.4, -0.2) is 16.0 Å². The van der Waals surface area contributed by atoms with Crippen LogP contribution in [0.3, 0.4) is 0 Å². The Balaban J connectivity index is 1.57. The zero-order chi connectivity index (χ0) is 20.5. The quantitative estimate of drug-likeness (QED) is 0.375. The van der Waals surface area contributed by atoms with Gasteiger partial charge in [-0.2, -0.15) is 0 Å². The first-order chi connectivity index (χ1) is 14.0. The Morgan fingerprint density at radius 3 is 2.62 bits per heavy atom. The highest BCUT2D eigenvalue weighted by molar-refractivity contribution is 7.18. The Hall–Kier alpha value is -3.29. The van der Waals surface area contributed by atoms with Crippen molar-refractivity contribution in [1.82, 2.24) is 4.98 Å². The van der Waals surface area contributed by atoms with E-state index in [1.54, 1.807) is 36.4 Å². The van der Waals surface area contributed by atoms with Gasteiger partial charge in [-0.05, 0) is 37.1 Å². The predicted octanol–water partition coefficient (Wildman–Crippen LogP) is 4.49. The largest absolute Gasteiger partial charge is 0.407 e. The number of nitrogens with one attached hydrogen (secondary N) is 1. The van der Waals surface area contributed by atoms with Crippen molar-refractivity contribution in [1.29, 1.82) is 0 Å². The number of aromatic nitrogens is 1. The summed E-state index contributed by atoms with van der Waals surface area (Å²) >= 11 is 1.49. The number of aryl methyl sites for hydroxylation is 2. The fourth-order valence-electron chi connectivity index (χ4n) is 3.14. The van der Waals surface area contributed by atoms with Crippen LogP contribution < -0.4 is 11.1 Å². The summed E-state index contributed by atoms with van der Waals surface area (Å²) in [6.07, 6.45) is 0.361. The average Bonchev–Trinajstić information content (AvgIpc) is 3.02. The molecule has 0 radical (unpaired) electrons. The van der Waals surface area contributed by atoms with E-state index in [1.165, 1.54) is 11.3 Å². The van der Waals surface area contributed by atoms with Gasteiger partial charge in [0.05, 0.1) is 5.69 Å². The monoisotopic (exact) mass is 406 g/mol. The van der Waals surface area contributed by atoms with Crippen LogP contribution in [0.5, 0.6) is 0 Å². The van der Waals surface area contributed by atoms with Crippen LogP contribution in [0.15, 0.2) is 57.7 Å². The van der Waals surface area contributed by atoms with E-state index in [0.29, 0.717) is 39.3 Å². The van der Waals surface area contributed by atoms with E-state index < -0.39 is 0 Å². The number of nitrogens with zero attached hydrogens (tertiary/aromatic N) is 1. The third-order valence-corrected chi connectivity index (χ3v) is 5.93. The number of anilines is 1. The zero-order valence-electron chi connectivity index (χ0n) is 15.9. The summed E-state index contributed by atoms with van der Waals surface area (Å²) in [7, 11) is 0. The summed E-state index contributed by atoms with van der Waals surface area (Å²) in [6.45, 7) is 3.86. The van der Waals surface area contributed by atoms with Gasteiger partial charge in [-0.15, -0.1) is 11.3 Å². The Kier molecular flexibility index (Phi) is 5.00. The van der Waals surface area contributed by atoms with Gasteiger partial charge < -0.3 is 4.42 Å². The Morgan fingerprint density at radius 1 is 1.14 bits per heavy atom. The molecule has 7 heteroatoms. The molecule has 0 spiro atoms. The van der Waals surface area contributed by atoms with E-state index in [1.807, 2.05) is 31.5 Å². The molecule has 0 amide bonds. The van der Waals surface area contributed by atoms with Crippen molar-refractivity contribution in [2.24, 2.45) is 0 Å². The van der Waals surface area contributed by atoms with Crippen molar-refractivity contribution in [2.75, 3.05) is 5.48 Å². The second-order valence-corrected chi connectivity index (χ2v) is 7.96. The molecule has 4 rings (SSSR count). The van der Waals surface area contributed by atoms with Gasteiger partial charge in [-0.3, -0.25) is 15.5 Å². The van der Waals surface area contributed by atoms with Gasteiger partial charge in [0.15, 0.2) is 5.78 Å². The predicted molar refractivity (Wildman–Crippen MR) is 112 cm³/mol. The minimum atomic E-state index is -0.365. The van der Waals surface area contributed by atoms with E-state index in [2.05, 4.69) is 4.98 Å². The first-order valence-corrected chi connectivity index (χ1v) is 9.81. The normalized spacial score (nSPS) is 11.0. The maximum Gasteiger partial charge on any atom is 0.348 e. The minimum Gasteiger partial charge on any atom is -0.407 e. The number of fused-ring (bicyclic) bond motifs is 1. The van der Waals surface area contributed by atoms with Crippen LogP contribution >= 0.6 is 11.3 Å². The summed E-state index contributed by atoms with van der Waals surface area (Å²) in [4.78, 5) is 31.2. The van der Waals surface area contributed by atoms with E-state index in [9.17, 15) is 9.59 Å². The number of hydrogen-bond acceptors (Lipinski definition) is 7. The van der Waals surface area contributed by atoms with E-state index in [0.717, 1.165) is 16.0 Å². The van der Waals surface area contributed by atoms with E-state index in [-0.39, 0.29) is 11.4 Å². The van der Waals surface area contributed by atoms with Crippen LogP contribution in [0.1, 0.15) is 37.8 Å². The highest BCUT2D eigenvalue weighted by atomic mass is 32.1. The highest BCUT2D eigenvalue weighted by Gasteiger charge is 2.14. The van der Waals surface area contributed by atoms with Crippen molar-refractivity contribution >= 4 is 33.0 Å². The number of hydrogen-bond donors (Lipinski definition) is 2. The number of benzene rings is 2. The van der Waals surface area contributed by atoms with Gasteiger partial charge in [0.1, 0.15) is 10.2 Å². The van der Waals surface area contributed by atoms with Crippen molar-refractivity contribution < 1.29 is 14.4 Å². The molecule has 2 aromatic heterocycles. The van der Waals surface area contributed by atoms with Gasteiger partial charge in [-0.1, -0.05) is 36.4 Å². The number of carbonyl (C=O) groups is 1. The molecule has 29 heavy (non-hydrogen) atoms. The molecule has 0 bridgehead atoms. The average molecular weight is 406 g/mol. The smallest absolute Gasteiger partial charge is 0.348 e. The Morgan fingerprint density at radius 2 is 1.90 bits per heavy atom. The fourth-order valence-corrected chi connectivity index (χ4v) is 4.17. The molecule has 6 nitrogen and oxygen atoms in total. The second kappa shape index (κ2) is 7.62. The third-order valence-electron chi connectivity index (χ3n) is 4.83. The van der Waals surface area contributed by atoms with Crippen LogP contribution in [0.2, 0.25) is 0 Å². The third kappa shape index (κ3) is 3.70. The molecule has 4 aromatic rings. The highest BCUT2D eigenvalue weighted by Crippen LogP contribution is 2.26. The summed E-state index contributed by atoms with van der Waals surface area (Å²) in [5.74, 6) is 0.203. The Bertz CT molecular complexity index is 1270. The topological polar surface area (TPSA) is 92.4 Å². The molecule has 0 aliphatic carbocycles. The maximum absolute atomic E-state index is 12.6. The van der Waals surface area contributed by atoms with Gasteiger partial charge in [-0.25, -0.2) is 9.78 Å². The first kappa shape index (κ1) is 19.0. The summed E-state index contributed by atoms with van der Waals surface area (Å²) < 4.78 is 5.40. The van der Waals surface area contributed by atoms with Crippen LogP contribution in [0, 0.1) is 13.8 Å².